The van der Waals surface area contributed by atoms with E-state index in [1.807, 2.05) is 12.1 Å². The molecule has 3 atom stereocenters. The van der Waals surface area contributed by atoms with Crippen LogP contribution in [0, 0.1) is 11.7 Å². The summed E-state index contributed by atoms with van der Waals surface area (Å²) in [7, 11) is 0. The highest BCUT2D eigenvalue weighted by molar-refractivity contribution is 14.0. The zero-order valence-corrected chi connectivity index (χ0v) is 19.5. The Bertz CT molecular complexity index is 643. The monoisotopic (exact) mass is 504 g/mol. The van der Waals surface area contributed by atoms with Crippen LogP contribution >= 0.6 is 24.0 Å². The maximum atomic E-state index is 14.0. The molecule has 1 aliphatic heterocycles. The van der Waals surface area contributed by atoms with E-state index in [0.29, 0.717) is 12.5 Å². The molecule has 1 saturated carbocycles. The Morgan fingerprint density at radius 2 is 2.14 bits per heavy atom. The van der Waals surface area contributed by atoms with Gasteiger partial charge in [-0.15, -0.1) is 24.0 Å². The molecule has 5 nitrogen and oxygen atoms in total. The molecular weight excluding hydrogens is 470 g/mol. The lowest BCUT2D eigenvalue weighted by Gasteiger charge is -2.33. The molecular formula is C21H34FIN4O. The second-order valence-corrected chi connectivity index (χ2v) is 7.98. The number of hydrogen-bond acceptors (Lipinski definition) is 3. The number of morpholine rings is 1. The topological polar surface area (TPSA) is 48.9 Å². The van der Waals surface area contributed by atoms with Gasteiger partial charge < -0.3 is 15.4 Å². The Balaban J connectivity index is 0.00000280. The van der Waals surface area contributed by atoms with Crippen molar-refractivity contribution in [3.63, 3.8) is 0 Å². The molecule has 2 fully saturated rings. The molecule has 1 aromatic rings. The van der Waals surface area contributed by atoms with Crippen LogP contribution in [0.15, 0.2) is 29.3 Å². The second kappa shape index (κ2) is 11.3. The van der Waals surface area contributed by atoms with Crippen molar-refractivity contribution in [1.82, 2.24) is 15.5 Å². The van der Waals surface area contributed by atoms with Gasteiger partial charge >= 0.3 is 0 Å². The maximum Gasteiger partial charge on any atom is 0.191 e. The molecule has 28 heavy (non-hydrogen) atoms. The Kier molecular flexibility index (Phi) is 9.43. The van der Waals surface area contributed by atoms with Crippen molar-refractivity contribution >= 4 is 29.9 Å². The molecule has 1 saturated heterocycles. The van der Waals surface area contributed by atoms with E-state index in [2.05, 4.69) is 36.3 Å². The number of guanidine groups is 1. The lowest BCUT2D eigenvalue weighted by atomic mass is 10.1. The number of ether oxygens (including phenoxy) is 1. The number of benzene rings is 1. The zero-order chi connectivity index (χ0) is 19.2. The Labute approximate surface area is 185 Å². The van der Waals surface area contributed by atoms with E-state index < -0.39 is 0 Å². The zero-order valence-electron chi connectivity index (χ0n) is 17.2. The van der Waals surface area contributed by atoms with Crippen molar-refractivity contribution < 1.29 is 9.13 Å². The van der Waals surface area contributed by atoms with Crippen LogP contribution in [0.2, 0.25) is 0 Å². The summed E-state index contributed by atoms with van der Waals surface area (Å²) in [6.07, 6.45) is 1.07. The number of nitrogens with one attached hydrogen (secondary N) is 2. The van der Waals surface area contributed by atoms with Gasteiger partial charge in [-0.05, 0) is 30.9 Å². The molecule has 0 amide bonds. The van der Waals surface area contributed by atoms with Crippen molar-refractivity contribution in [2.75, 3.05) is 39.3 Å². The fourth-order valence-electron chi connectivity index (χ4n) is 3.74. The number of aliphatic imine (C=N–C) groups is 1. The molecule has 7 heteroatoms. The first-order valence-electron chi connectivity index (χ1n) is 10.2. The highest BCUT2D eigenvalue weighted by atomic mass is 127. The minimum Gasteiger partial charge on any atom is -0.374 e. The van der Waals surface area contributed by atoms with Gasteiger partial charge in [0.2, 0.25) is 0 Å². The Morgan fingerprint density at radius 3 is 2.86 bits per heavy atom. The normalized spacial score (nSPS) is 25.3. The van der Waals surface area contributed by atoms with Crippen molar-refractivity contribution in [2.45, 2.75) is 45.3 Å². The fourth-order valence-corrected chi connectivity index (χ4v) is 3.74. The van der Waals surface area contributed by atoms with Gasteiger partial charge in [-0.25, -0.2) is 4.39 Å². The maximum absolute atomic E-state index is 14.0. The molecule has 158 valence electrons. The molecule has 3 unspecified atom stereocenters. The largest absolute Gasteiger partial charge is 0.374 e. The summed E-state index contributed by atoms with van der Waals surface area (Å²) in [5.74, 6) is 1.57. The Hall–Kier alpha value is -0.930. The van der Waals surface area contributed by atoms with Crippen LogP contribution in [0.1, 0.15) is 38.7 Å². The number of rotatable bonds is 7. The minimum atomic E-state index is -0.116. The molecule has 2 aliphatic rings. The summed E-state index contributed by atoms with van der Waals surface area (Å²) >= 11 is 0. The van der Waals surface area contributed by atoms with E-state index >= 15 is 0 Å². The third-order valence-corrected chi connectivity index (χ3v) is 5.06. The van der Waals surface area contributed by atoms with Gasteiger partial charge in [-0.2, -0.15) is 0 Å². The third-order valence-electron chi connectivity index (χ3n) is 5.06. The standard InChI is InChI=1S/C21H33FN4O.HI/c1-4-23-21(24-12-16-14-26(9-10-27-16)13-15(2)3)25-20-11-18(20)17-7-5-6-8-19(17)22;/h5-8,15-16,18,20H,4,9-14H2,1-3H3,(H2,23,24,25);1H. The first-order valence-corrected chi connectivity index (χ1v) is 10.2. The molecule has 1 heterocycles. The van der Waals surface area contributed by atoms with Crippen LogP contribution in [-0.4, -0.2) is 62.3 Å². The molecule has 0 aromatic heterocycles. The highest BCUT2D eigenvalue weighted by Gasteiger charge is 2.40. The molecule has 3 rings (SSSR count). The second-order valence-electron chi connectivity index (χ2n) is 7.98. The molecule has 0 bridgehead atoms. The van der Waals surface area contributed by atoms with Crippen molar-refractivity contribution in [1.29, 1.82) is 0 Å². The lowest BCUT2D eigenvalue weighted by Crippen LogP contribution is -2.46. The van der Waals surface area contributed by atoms with Gasteiger partial charge in [0.1, 0.15) is 5.82 Å². The van der Waals surface area contributed by atoms with Crippen LogP contribution in [0.4, 0.5) is 4.39 Å². The van der Waals surface area contributed by atoms with E-state index in [0.717, 1.165) is 50.7 Å². The molecule has 1 aromatic carbocycles. The van der Waals surface area contributed by atoms with E-state index in [1.54, 1.807) is 6.07 Å². The summed E-state index contributed by atoms with van der Waals surface area (Å²) in [5, 5.41) is 6.75. The molecule has 0 radical (unpaired) electrons. The van der Waals surface area contributed by atoms with Gasteiger partial charge in [0, 0.05) is 38.1 Å². The van der Waals surface area contributed by atoms with Gasteiger partial charge in [0.05, 0.1) is 19.3 Å². The highest BCUT2D eigenvalue weighted by Crippen LogP contribution is 2.41. The van der Waals surface area contributed by atoms with Gasteiger partial charge in [-0.3, -0.25) is 9.89 Å². The number of hydrogen-bond donors (Lipinski definition) is 2. The summed E-state index contributed by atoms with van der Waals surface area (Å²) < 4.78 is 19.9. The van der Waals surface area contributed by atoms with Crippen molar-refractivity contribution in [2.24, 2.45) is 10.9 Å². The molecule has 0 spiro atoms. The summed E-state index contributed by atoms with van der Waals surface area (Å²) in [6.45, 7) is 11.8. The molecule has 1 aliphatic carbocycles. The predicted octanol–water partition coefficient (Wildman–Crippen LogP) is 3.21. The first kappa shape index (κ1) is 23.3. The average Bonchev–Trinajstić information content (AvgIpc) is 3.39. The van der Waals surface area contributed by atoms with Crippen LogP contribution in [0.3, 0.4) is 0 Å². The third kappa shape index (κ3) is 6.84. The van der Waals surface area contributed by atoms with Crippen molar-refractivity contribution in [3.8, 4) is 0 Å². The van der Waals surface area contributed by atoms with Crippen molar-refractivity contribution in [3.05, 3.63) is 35.6 Å². The molecule has 2 N–H and O–H groups in total. The van der Waals surface area contributed by atoms with E-state index in [1.165, 1.54) is 6.07 Å². The summed E-state index contributed by atoms with van der Waals surface area (Å²) in [6, 6.07) is 7.29. The van der Waals surface area contributed by atoms with Gasteiger partial charge in [0.25, 0.3) is 0 Å². The van der Waals surface area contributed by atoms with Gasteiger partial charge in [-0.1, -0.05) is 32.0 Å². The van der Waals surface area contributed by atoms with E-state index in [4.69, 9.17) is 9.73 Å². The summed E-state index contributed by atoms with van der Waals surface area (Å²) in [5.41, 5.74) is 0.797. The van der Waals surface area contributed by atoms with Gasteiger partial charge in [0.15, 0.2) is 5.96 Å². The number of halogens is 2. The first-order chi connectivity index (χ1) is 13.1. The average molecular weight is 504 g/mol. The SMILES string of the molecule is CCNC(=NCC1CN(CC(C)C)CCO1)NC1CC1c1ccccc1F.I. The Morgan fingerprint density at radius 1 is 1.36 bits per heavy atom. The smallest absolute Gasteiger partial charge is 0.191 e. The van der Waals surface area contributed by atoms with Crippen LogP contribution < -0.4 is 10.6 Å². The fraction of sp³-hybridized carbons (Fsp3) is 0.667. The van der Waals surface area contributed by atoms with Crippen LogP contribution in [-0.2, 0) is 4.74 Å². The quantitative estimate of drug-likeness (QED) is 0.340. The predicted molar refractivity (Wildman–Crippen MR) is 123 cm³/mol. The van der Waals surface area contributed by atoms with E-state index in [-0.39, 0.29) is 47.9 Å². The lowest BCUT2D eigenvalue weighted by molar-refractivity contribution is -0.0261. The summed E-state index contributed by atoms with van der Waals surface area (Å²) in [4.78, 5) is 7.19. The van der Waals surface area contributed by atoms with Crippen LogP contribution in [0.5, 0.6) is 0 Å². The minimum absolute atomic E-state index is 0. The number of nitrogens with zero attached hydrogens (tertiary/aromatic N) is 2. The van der Waals surface area contributed by atoms with Crippen LogP contribution in [0.25, 0.3) is 0 Å². The van der Waals surface area contributed by atoms with E-state index in [9.17, 15) is 4.39 Å².